The fourth-order valence-electron chi connectivity index (χ4n) is 2.24. The molecule has 0 aliphatic rings. The average molecular weight is 341 g/mol. The van der Waals surface area contributed by atoms with Crippen LogP contribution in [0.4, 0.5) is 11.4 Å². The van der Waals surface area contributed by atoms with Gasteiger partial charge in [0.2, 0.25) is 5.91 Å². The first kappa shape index (κ1) is 18.3. The lowest BCUT2D eigenvalue weighted by Crippen LogP contribution is -2.23. The van der Waals surface area contributed by atoms with Gasteiger partial charge in [0, 0.05) is 5.69 Å². The standard InChI is InChI=1S/C19H23N3O3/c1-2-3-12-25-17-11-7-6-10-16(17)22-18(23)13-21-15-9-5-4-8-14(15)19(20)24/h4-11,21H,2-3,12-13H2,1H3,(H2,20,24)(H,22,23). The van der Waals surface area contributed by atoms with E-state index in [-0.39, 0.29) is 12.5 Å². The molecule has 0 aliphatic carbocycles. The van der Waals surface area contributed by atoms with Crippen LogP contribution in [0.2, 0.25) is 0 Å². The topological polar surface area (TPSA) is 93.4 Å². The van der Waals surface area contributed by atoms with Crippen LogP contribution in [0.1, 0.15) is 30.1 Å². The Labute approximate surface area is 147 Å². The molecule has 0 fully saturated rings. The summed E-state index contributed by atoms with van der Waals surface area (Å²) in [4.78, 5) is 23.6. The summed E-state index contributed by atoms with van der Waals surface area (Å²) in [6.07, 6.45) is 1.99. The van der Waals surface area contributed by atoms with Crippen LogP contribution in [-0.4, -0.2) is 25.0 Å². The van der Waals surface area contributed by atoms with Gasteiger partial charge in [0.25, 0.3) is 5.91 Å². The van der Waals surface area contributed by atoms with Crippen LogP contribution >= 0.6 is 0 Å². The molecule has 0 aromatic heterocycles. The van der Waals surface area contributed by atoms with Crippen molar-refractivity contribution in [3.8, 4) is 5.75 Å². The van der Waals surface area contributed by atoms with Gasteiger partial charge >= 0.3 is 0 Å². The highest BCUT2D eigenvalue weighted by Crippen LogP contribution is 2.24. The van der Waals surface area contributed by atoms with E-state index >= 15 is 0 Å². The second-order valence-corrected chi connectivity index (χ2v) is 5.51. The minimum atomic E-state index is -0.543. The van der Waals surface area contributed by atoms with Crippen LogP contribution < -0.4 is 21.1 Å². The first-order valence-corrected chi connectivity index (χ1v) is 8.26. The van der Waals surface area contributed by atoms with Crippen LogP contribution in [0.5, 0.6) is 5.75 Å². The molecule has 0 spiro atoms. The van der Waals surface area contributed by atoms with Crippen molar-refractivity contribution < 1.29 is 14.3 Å². The Bertz CT molecular complexity index is 731. The number of hydrogen-bond donors (Lipinski definition) is 3. The molecule has 132 valence electrons. The number of carbonyl (C=O) groups excluding carboxylic acids is 2. The van der Waals surface area contributed by atoms with E-state index in [9.17, 15) is 9.59 Å². The minimum Gasteiger partial charge on any atom is -0.491 e. The zero-order valence-electron chi connectivity index (χ0n) is 14.2. The highest BCUT2D eigenvalue weighted by Gasteiger charge is 2.10. The summed E-state index contributed by atoms with van der Waals surface area (Å²) in [7, 11) is 0. The van der Waals surface area contributed by atoms with Crippen molar-refractivity contribution >= 4 is 23.2 Å². The molecule has 0 bridgehead atoms. The average Bonchev–Trinajstić information content (AvgIpc) is 2.62. The van der Waals surface area contributed by atoms with Crippen molar-refractivity contribution in [2.24, 2.45) is 5.73 Å². The number of anilines is 2. The van der Waals surface area contributed by atoms with E-state index in [2.05, 4.69) is 17.6 Å². The Hall–Kier alpha value is -3.02. The van der Waals surface area contributed by atoms with E-state index in [0.29, 0.717) is 29.3 Å². The van der Waals surface area contributed by atoms with Crippen molar-refractivity contribution in [2.45, 2.75) is 19.8 Å². The molecule has 6 heteroatoms. The third kappa shape index (κ3) is 5.53. The Morgan fingerprint density at radius 1 is 1.04 bits per heavy atom. The van der Waals surface area contributed by atoms with Crippen molar-refractivity contribution in [1.82, 2.24) is 0 Å². The summed E-state index contributed by atoms with van der Waals surface area (Å²) in [5, 5.41) is 5.75. The van der Waals surface area contributed by atoms with Gasteiger partial charge in [0.05, 0.1) is 24.4 Å². The molecule has 2 aromatic rings. The molecule has 0 saturated heterocycles. The van der Waals surface area contributed by atoms with Crippen LogP contribution in [0.25, 0.3) is 0 Å². The number of benzene rings is 2. The number of para-hydroxylation sites is 3. The summed E-state index contributed by atoms with van der Waals surface area (Å²) >= 11 is 0. The molecule has 0 saturated carbocycles. The van der Waals surface area contributed by atoms with E-state index in [1.165, 1.54) is 0 Å². The number of unbranched alkanes of at least 4 members (excludes halogenated alkanes) is 1. The predicted octanol–water partition coefficient (Wildman–Crippen LogP) is 3.02. The monoisotopic (exact) mass is 341 g/mol. The van der Waals surface area contributed by atoms with E-state index < -0.39 is 5.91 Å². The quantitative estimate of drug-likeness (QED) is 0.611. The minimum absolute atomic E-state index is 0.00753. The van der Waals surface area contributed by atoms with Crippen LogP contribution in [-0.2, 0) is 4.79 Å². The Morgan fingerprint density at radius 2 is 1.72 bits per heavy atom. The Morgan fingerprint density at radius 3 is 2.44 bits per heavy atom. The number of ether oxygens (including phenoxy) is 1. The fourth-order valence-corrected chi connectivity index (χ4v) is 2.24. The number of nitrogens with one attached hydrogen (secondary N) is 2. The third-order valence-corrected chi connectivity index (χ3v) is 3.55. The Kier molecular flexibility index (Phi) is 6.83. The number of carbonyl (C=O) groups is 2. The molecule has 0 unspecified atom stereocenters. The second-order valence-electron chi connectivity index (χ2n) is 5.51. The molecule has 0 aliphatic heterocycles. The molecule has 0 atom stereocenters. The molecule has 2 aromatic carbocycles. The SMILES string of the molecule is CCCCOc1ccccc1NC(=O)CNc1ccccc1C(N)=O. The first-order chi connectivity index (χ1) is 12.1. The van der Waals surface area contributed by atoms with Gasteiger partial charge in [-0.2, -0.15) is 0 Å². The smallest absolute Gasteiger partial charge is 0.250 e. The summed E-state index contributed by atoms with van der Waals surface area (Å²) in [6.45, 7) is 2.70. The van der Waals surface area contributed by atoms with Crippen LogP contribution in [0.3, 0.4) is 0 Å². The van der Waals surface area contributed by atoms with Crippen molar-refractivity contribution in [3.63, 3.8) is 0 Å². The second kappa shape index (κ2) is 9.32. The van der Waals surface area contributed by atoms with Crippen LogP contribution in [0.15, 0.2) is 48.5 Å². The van der Waals surface area contributed by atoms with Gasteiger partial charge in [-0.3, -0.25) is 9.59 Å². The van der Waals surface area contributed by atoms with Crippen molar-refractivity contribution in [3.05, 3.63) is 54.1 Å². The molecule has 0 radical (unpaired) electrons. The zero-order chi connectivity index (χ0) is 18.1. The van der Waals surface area contributed by atoms with Gasteiger partial charge in [-0.25, -0.2) is 0 Å². The molecule has 2 rings (SSSR count). The molecular weight excluding hydrogens is 318 g/mol. The molecule has 2 amide bonds. The number of nitrogens with two attached hydrogens (primary N) is 1. The van der Waals surface area contributed by atoms with Gasteiger partial charge in [0.1, 0.15) is 5.75 Å². The largest absolute Gasteiger partial charge is 0.491 e. The number of rotatable bonds is 9. The predicted molar refractivity (Wildman–Crippen MR) is 98.9 cm³/mol. The number of primary amides is 1. The summed E-state index contributed by atoms with van der Waals surface area (Å²) in [5.41, 5.74) is 6.82. The van der Waals surface area contributed by atoms with Crippen LogP contribution in [0, 0.1) is 0 Å². The van der Waals surface area contributed by atoms with E-state index in [4.69, 9.17) is 10.5 Å². The lowest BCUT2D eigenvalue weighted by atomic mass is 10.1. The number of amides is 2. The fraction of sp³-hybridized carbons (Fsp3) is 0.263. The molecular formula is C19H23N3O3. The maximum Gasteiger partial charge on any atom is 0.250 e. The molecule has 25 heavy (non-hydrogen) atoms. The summed E-state index contributed by atoms with van der Waals surface area (Å²) in [6, 6.07) is 14.1. The first-order valence-electron chi connectivity index (χ1n) is 8.26. The lowest BCUT2D eigenvalue weighted by molar-refractivity contribution is -0.114. The van der Waals surface area contributed by atoms with Gasteiger partial charge in [0.15, 0.2) is 0 Å². The Balaban J connectivity index is 1.96. The molecule has 6 nitrogen and oxygen atoms in total. The zero-order valence-corrected chi connectivity index (χ0v) is 14.2. The lowest BCUT2D eigenvalue weighted by Gasteiger charge is -2.13. The highest BCUT2D eigenvalue weighted by molar-refractivity contribution is 6.00. The van der Waals surface area contributed by atoms with Gasteiger partial charge in [-0.15, -0.1) is 0 Å². The molecule has 4 N–H and O–H groups in total. The van der Waals surface area contributed by atoms with E-state index in [0.717, 1.165) is 12.8 Å². The highest BCUT2D eigenvalue weighted by atomic mass is 16.5. The third-order valence-electron chi connectivity index (χ3n) is 3.55. The van der Waals surface area contributed by atoms with Crippen molar-refractivity contribution in [1.29, 1.82) is 0 Å². The maximum atomic E-state index is 12.2. The van der Waals surface area contributed by atoms with Gasteiger partial charge in [-0.1, -0.05) is 37.6 Å². The van der Waals surface area contributed by atoms with E-state index in [1.807, 2.05) is 18.2 Å². The maximum absolute atomic E-state index is 12.2. The molecule has 0 heterocycles. The van der Waals surface area contributed by atoms with Gasteiger partial charge < -0.3 is 21.1 Å². The normalized spacial score (nSPS) is 10.1. The summed E-state index contributed by atoms with van der Waals surface area (Å²) < 4.78 is 5.70. The number of hydrogen-bond acceptors (Lipinski definition) is 4. The summed E-state index contributed by atoms with van der Waals surface area (Å²) in [5.74, 6) is -0.147. The van der Waals surface area contributed by atoms with E-state index in [1.54, 1.807) is 30.3 Å². The van der Waals surface area contributed by atoms with Crippen molar-refractivity contribution in [2.75, 3.05) is 23.8 Å². The van der Waals surface area contributed by atoms with Gasteiger partial charge in [-0.05, 0) is 30.7 Å².